The molecule has 36 heavy (non-hydrogen) atoms. The lowest BCUT2D eigenvalue weighted by molar-refractivity contribution is -0.121. The molecule has 5 rings (SSSR count). The molecular formula is C28H26N4O3S. The number of amides is 2. The highest BCUT2D eigenvalue weighted by Crippen LogP contribution is 2.41. The van der Waals surface area contributed by atoms with E-state index in [2.05, 4.69) is 10.3 Å². The fourth-order valence-corrected chi connectivity index (χ4v) is 5.44. The van der Waals surface area contributed by atoms with Crippen molar-refractivity contribution >= 4 is 40.1 Å². The number of anilines is 1. The molecule has 2 aliphatic heterocycles. The van der Waals surface area contributed by atoms with Gasteiger partial charge in [-0.2, -0.15) is 10.1 Å². The van der Waals surface area contributed by atoms with Crippen LogP contribution in [-0.2, 0) is 9.59 Å². The third-order valence-electron chi connectivity index (χ3n) is 6.11. The maximum atomic E-state index is 12.8. The summed E-state index contributed by atoms with van der Waals surface area (Å²) >= 11 is 1.28. The first kappa shape index (κ1) is 23.8. The van der Waals surface area contributed by atoms with Gasteiger partial charge >= 0.3 is 0 Å². The van der Waals surface area contributed by atoms with Gasteiger partial charge < -0.3 is 10.1 Å². The third kappa shape index (κ3) is 5.04. The van der Waals surface area contributed by atoms with E-state index in [1.165, 1.54) is 11.8 Å². The van der Waals surface area contributed by atoms with E-state index >= 15 is 0 Å². The van der Waals surface area contributed by atoms with Crippen LogP contribution in [0.15, 0.2) is 89.0 Å². The number of hydrogen-bond acceptors (Lipinski definition) is 6. The van der Waals surface area contributed by atoms with Crippen LogP contribution in [0.3, 0.4) is 0 Å². The molecule has 0 aliphatic carbocycles. The van der Waals surface area contributed by atoms with Gasteiger partial charge in [-0.3, -0.25) is 9.59 Å². The highest BCUT2D eigenvalue weighted by molar-refractivity contribution is 8.15. The van der Waals surface area contributed by atoms with Gasteiger partial charge in [0.25, 0.3) is 5.91 Å². The van der Waals surface area contributed by atoms with Crippen molar-refractivity contribution < 1.29 is 14.3 Å². The minimum absolute atomic E-state index is 0.0346. The van der Waals surface area contributed by atoms with Gasteiger partial charge in [-0.05, 0) is 36.2 Å². The van der Waals surface area contributed by atoms with Crippen molar-refractivity contribution in [1.29, 1.82) is 0 Å². The summed E-state index contributed by atoms with van der Waals surface area (Å²) in [5, 5.41) is 9.47. The number of nitrogens with zero attached hydrogens (tertiary/aromatic N) is 3. The summed E-state index contributed by atoms with van der Waals surface area (Å²) in [4.78, 5) is 29.8. The average molecular weight is 499 g/mol. The molecule has 2 aliphatic rings. The largest absolute Gasteiger partial charge is 0.496 e. The Hall–Kier alpha value is -3.91. The standard InChI is InChI=1S/C28H26N4O3S/c1-18-9-8-12-20(15-18)29-26(33)17-25-27(34)30-28(36-25)32-23(21-13-6-7-14-24(21)35-2)16-22(31-32)19-10-4-3-5-11-19/h3-15,23,25H,16-17H2,1-2H3,(H,29,33)/t23-,25-/m0/s1. The van der Waals surface area contributed by atoms with Crippen LogP contribution in [0.1, 0.15) is 35.6 Å². The fraction of sp³-hybridized carbons (Fsp3) is 0.214. The van der Waals surface area contributed by atoms with E-state index in [-0.39, 0.29) is 24.3 Å². The lowest BCUT2D eigenvalue weighted by Crippen LogP contribution is -2.25. The second-order valence-electron chi connectivity index (χ2n) is 8.68. The van der Waals surface area contributed by atoms with Crippen molar-refractivity contribution in [2.75, 3.05) is 12.4 Å². The second-order valence-corrected chi connectivity index (χ2v) is 9.85. The Labute approximate surface area is 214 Å². The Morgan fingerprint density at radius 2 is 1.86 bits per heavy atom. The first-order valence-electron chi connectivity index (χ1n) is 11.7. The Kier molecular flexibility index (Phi) is 6.86. The first-order chi connectivity index (χ1) is 17.5. The lowest BCUT2D eigenvalue weighted by Gasteiger charge is -2.24. The molecule has 2 amide bonds. The molecule has 3 aromatic carbocycles. The Balaban J connectivity index is 1.37. The van der Waals surface area contributed by atoms with Crippen LogP contribution in [0.2, 0.25) is 0 Å². The van der Waals surface area contributed by atoms with Crippen molar-refractivity contribution in [3.05, 3.63) is 95.6 Å². The van der Waals surface area contributed by atoms with Gasteiger partial charge in [-0.1, -0.05) is 72.4 Å². The molecule has 0 aromatic heterocycles. The van der Waals surface area contributed by atoms with Gasteiger partial charge in [-0.25, -0.2) is 5.01 Å². The normalized spacial score (nSPS) is 19.2. The number of para-hydroxylation sites is 1. The van der Waals surface area contributed by atoms with Crippen LogP contribution in [0, 0.1) is 6.92 Å². The number of rotatable bonds is 6. The number of methoxy groups -OCH3 is 1. The van der Waals surface area contributed by atoms with E-state index in [9.17, 15) is 9.59 Å². The average Bonchev–Trinajstić information content (AvgIpc) is 3.48. The number of aliphatic imine (C=N–C) groups is 1. The minimum atomic E-state index is -0.598. The first-order valence-corrected chi connectivity index (χ1v) is 12.6. The van der Waals surface area contributed by atoms with Crippen LogP contribution in [0.25, 0.3) is 0 Å². The van der Waals surface area contributed by atoms with Crippen LogP contribution in [0.4, 0.5) is 5.69 Å². The quantitative estimate of drug-likeness (QED) is 0.506. The van der Waals surface area contributed by atoms with Gasteiger partial charge in [0.2, 0.25) is 5.91 Å². The fourth-order valence-electron chi connectivity index (χ4n) is 4.38. The number of carbonyl (C=O) groups is 2. The number of hydrazone groups is 1. The van der Waals surface area contributed by atoms with Gasteiger partial charge in [-0.15, -0.1) is 0 Å². The van der Waals surface area contributed by atoms with E-state index < -0.39 is 5.25 Å². The SMILES string of the molecule is COc1ccccc1[C@@H]1CC(c2ccccc2)=NN1C1=NC(=O)[C@H](CC(=O)Nc2cccc(C)c2)S1. The summed E-state index contributed by atoms with van der Waals surface area (Å²) in [6, 6.07) is 25.2. The second kappa shape index (κ2) is 10.4. The Morgan fingerprint density at radius 3 is 2.64 bits per heavy atom. The zero-order valence-corrected chi connectivity index (χ0v) is 20.9. The van der Waals surface area contributed by atoms with Gasteiger partial charge in [0, 0.05) is 24.1 Å². The molecule has 7 nitrogen and oxygen atoms in total. The molecular weight excluding hydrogens is 472 g/mol. The summed E-state index contributed by atoms with van der Waals surface area (Å²) in [7, 11) is 1.64. The van der Waals surface area contributed by atoms with E-state index in [0.29, 0.717) is 17.3 Å². The van der Waals surface area contributed by atoms with Crippen molar-refractivity contribution in [3.63, 3.8) is 0 Å². The number of carbonyl (C=O) groups excluding carboxylic acids is 2. The minimum Gasteiger partial charge on any atom is -0.496 e. The molecule has 182 valence electrons. The highest BCUT2D eigenvalue weighted by Gasteiger charge is 2.40. The van der Waals surface area contributed by atoms with Gasteiger partial charge in [0.1, 0.15) is 11.0 Å². The molecule has 0 spiro atoms. The molecule has 0 radical (unpaired) electrons. The zero-order chi connectivity index (χ0) is 25.1. The van der Waals surface area contributed by atoms with Crippen molar-refractivity contribution in [2.45, 2.75) is 31.1 Å². The summed E-state index contributed by atoms with van der Waals surface area (Å²) in [5.41, 5.74) is 4.65. The van der Waals surface area contributed by atoms with Crippen LogP contribution < -0.4 is 10.1 Å². The summed E-state index contributed by atoms with van der Waals surface area (Å²) < 4.78 is 5.63. The lowest BCUT2D eigenvalue weighted by atomic mass is 9.98. The van der Waals surface area contributed by atoms with E-state index in [1.54, 1.807) is 12.1 Å². The summed E-state index contributed by atoms with van der Waals surface area (Å²) in [5.74, 6) is 0.205. The predicted molar refractivity (Wildman–Crippen MR) is 143 cm³/mol. The van der Waals surface area contributed by atoms with E-state index in [1.807, 2.05) is 85.8 Å². The number of thioether (sulfide) groups is 1. The van der Waals surface area contributed by atoms with E-state index in [0.717, 1.165) is 28.2 Å². The number of hydrogen-bond donors (Lipinski definition) is 1. The smallest absolute Gasteiger partial charge is 0.262 e. The molecule has 0 fully saturated rings. The zero-order valence-electron chi connectivity index (χ0n) is 20.0. The third-order valence-corrected chi connectivity index (χ3v) is 7.25. The van der Waals surface area contributed by atoms with Crippen LogP contribution in [0.5, 0.6) is 5.75 Å². The number of amidine groups is 1. The Bertz CT molecular complexity index is 1360. The number of nitrogens with one attached hydrogen (secondary N) is 1. The molecule has 0 unspecified atom stereocenters. The molecule has 2 atom stereocenters. The van der Waals surface area contributed by atoms with Crippen LogP contribution >= 0.6 is 11.8 Å². The molecule has 0 saturated heterocycles. The molecule has 1 N–H and O–H groups in total. The van der Waals surface area contributed by atoms with Gasteiger partial charge in [0.15, 0.2) is 5.17 Å². The topological polar surface area (TPSA) is 83.4 Å². The summed E-state index contributed by atoms with van der Waals surface area (Å²) in [6.07, 6.45) is 0.670. The van der Waals surface area contributed by atoms with Crippen molar-refractivity contribution in [2.24, 2.45) is 10.1 Å². The van der Waals surface area contributed by atoms with Crippen molar-refractivity contribution in [1.82, 2.24) is 5.01 Å². The van der Waals surface area contributed by atoms with E-state index in [4.69, 9.17) is 9.84 Å². The number of aryl methyl sites for hydroxylation is 1. The number of ether oxygens (including phenoxy) is 1. The highest BCUT2D eigenvalue weighted by atomic mass is 32.2. The molecule has 2 heterocycles. The van der Waals surface area contributed by atoms with Crippen molar-refractivity contribution in [3.8, 4) is 5.75 Å². The maximum Gasteiger partial charge on any atom is 0.262 e. The maximum absolute atomic E-state index is 12.8. The molecule has 0 bridgehead atoms. The monoisotopic (exact) mass is 498 g/mol. The Morgan fingerprint density at radius 1 is 1.08 bits per heavy atom. The van der Waals surface area contributed by atoms with Crippen LogP contribution in [-0.4, -0.2) is 40.1 Å². The molecule has 0 saturated carbocycles. The summed E-state index contributed by atoms with van der Waals surface area (Å²) in [6.45, 7) is 1.96. The number of benzene rings is 3. The van der Waals surface area contributed by atoms with Gasteiger partial charge in [0.05, 0.1) is 18.9 Å². The molecule has 8 heteroatoms. The predicted octanol–water partition coefficient (Wildman–Crippen LogP) is 5.18. The molecule has 3 aromatic rings.